The van der Waals surface area contributed by atoms with Crippen LogP contribution in [0.25, 0.3) is 0 Å². The number of carbonyl (C=O) groups is 1. The quantitative estimate of drug-likeness (QED) is 0.890. The maximum absolute atomic E-state index is 13.8. The molecule has 7 heteroatoms. The second-order valence-corrected chi connectivity index (χ2v) is 6.36. The van der Waals surface area contributed by atoms with E-state index >= 15 is 0 Å². The normalized spacial score (nSPS) is 17.8. The third-order valence-electron chi connectivity index (χ3n) is 3.82. The molecule has 120 valence electrons. The highest BCUT2D eigenvalue weighted by atomic mass is 79.9. The highest BCUT2D eigenvalue weighted by Gasteiger charge is 2.27. The maximum atomic E-state index is 13.8. The molecule has 23 heavy (non-hydrogen) atoms. The zero-order valence-corrected chi connectivity index (χ0v) is 14.0. The van der Waals surface area contributed by atoms with E-state index in [1.165, 1.54) is 6.07 Å². The van der Waals surface area contributed by atoms with Gasteiger partial charge in [0.2, 0.25) is 11.9 Å². The number of carbonyl (C=O) groups excluding carboxylic acids is 1. The van der Waals surface area contributed by atoms with Crippen molar-refractivity contribution in [2.75, 3.05) is 23.3 Å². The summed E-state index contributed by atoms with van der Waals surface area (Å²) >= 11 is 3.20. The van der Waals surface area contributed by atoms with Gasteiger partial charge < -0.3 is 10.2 Å². The minimum Gasteiger partial charge on any atom is -0.340 e. The molecule has 1 aliphatic rings. The summed E-state index contributed by atoms with van der Waals surface area (Å²) in [4.78, 5) is 22.9. The van der Waals surface area contributed by atoms with Crippen molar-refractivity contribution in [3.05, 3.63) is 46.9 Å². The fourth-order valence-electron chi connectivity index (χ4n) is 2.65. The Bertz CT molecular complexity index is 698. The summed E-state index contributed by atoms with van der Waals surface area (Å²) in [7, 11) is 0. The molecule has 0 saturated carbocycles. The number of anilines is 2. The van der Waals surface area contributed by atoms with Crippen molar-refractivity contribution < 1.29 is 9.18 Å². The van der Waals surface area contributed by atoms with Crippen molar-refractivity contribution in [3.8, 4) is 0 Å². The predicted molar refractivity (Wildman–Crippen MR) is 89.7 cm³/mol. The molecule has 1 fully saturated rings. The minimum absolute atomic E-state index is 0.174. The number of hydrogen-bond acceptors (Lipinski definition) is 4. The van der Waals surface area contributed by atoms with Gasteiger partial charge in [-0.05, 0) is 37.1 Å². The SMILES string of the molecule is O=C(Nc1ccc(Br)cc1F)C1CCCN(c2ncccn2)C1. The van der Waals surface area contributed by atoms with Crippen molar-refractivity contribution in [2.24, 2.45) is 5.92 Å². The van der Waals surface area contributed by atoms with Gasteiger partial charge in [0.15, 0.2) is 0 Å². The van der Waals surface area contributed by atoms with Crippen LogP contribution >= 0.6 is 15.9 Å². The minimum atomic E-state index is -0.452. The zero-order chi connectivity index (χ0) is 16.2. The van der Waals surface area contributed by atoms with Crippen LogP contribution in [0.4, 0.5) is 16.0 Å². The van der Waals surface area contributed by atoms with Crippen LogP contribution in [0, 0.1) is 11.7 Å². The fourth-order valence-corrected chi connectivity index (χ4v) is 2.99. The van der Waals surface area contributed by atoms with E-state index in [9.17, 15) is 9.18 Å². The molecule has 0 aliphatic carbocycles. The van der Waals surface area contributed by atoms with Crippen LogP contribution in [0.5, 0.6) is 0 Å². The highest BCUT2D eigenvalue weighted by molar-refractivity contribution is 9.10. The third-order valence-corrected chi connectivity index (χ3v) is 4.31. The van der Waals surface area contributed by atoms with Gasteiger partial charge in [-0.2, -0.15) is 0 Å². The average Bonchev–Trinajstić information content (AvgIpc) is 2.58. The van der Waals surface area contributed by atoms with Gasteiger partial charge in [-0.15, -0.1) is 0 Å². The lowest BCUT2D eigenvalue weighted by atomic mass is 9.97. The Balaban J connectivity index is 1.67. The number of benzene rings is 1. The molecule has 0 spiro atoms. The van der Waals surface area contributed by atoms with Crippen molar-refractivity contribution in [1.29, 1.82) is 0 Å². The topological polar surface area (TPSA) is 58.1 Å². The van der Waals surface area contributed by atoms with Crippen LogP contribution in [0.1, 0.15) is 12.8 Å². The second kappa shape index (κ2) is 7.04. The standard InChI is InChI=1S/C16H16BrFN4O/c17-12-4-5-14(13(18)9-12)21-15(23)11-3-1-8-22(10-11)16-19-6-2-7-20-16/h2,4-7,9,11H,1,3,8,10H2,(H,21,23). The van der Waals surface area contributed by atoms with E-state index in [1.54, 1.807) is 30.6 Å². The molecule has 5 nitrogen and oxygen atoms in total. The lowest BCUT2D eigenvalue weighted by molar-refractivity contribution is -0.120. The van der Waals surface area contributed by atoms with Gasteiger partial charge in [0.1, 0.15) is 5.82 Å². The Hall–Kier alpha value is -2.02. The van der Waals surface area contributed by atoms with E-state index in [1.807, 2.05) is 4.90 Å². The number of amides is 1. The second-order valence-electron chi connectivity index (χ2n) is 5.45. The molecule has 1 aromatic carbocycles. The van der Waals surface area contributed by atoms with Crippen molar-refractivity contribution in [2.45, 2.75) is 12.8 Å². The molecule has 1 atom stereocenters. The summed E-state index contributed by atoms with van der Waals surface area (Å²) < 4.78 is 14.5. The Morgan fingerprint density at radius 2 is 2.13 bits per heavy atom. The average molecular weight is 379 g/mol. The zero-order valence-electron chi connectivity index (χ0n) is 12.4. The molecule has 0 radical (unpaired) electrons. The fraction of sp³-hybridized carbons (Fsp3) is 0.312. The number of nitrogens with one attached hydrogen (secondary N) is 1. The van der Waals surface area contributed by atoms with E-state index in [4.69, 9.17) is 0 Å². The van der Waals surface area contributed by atoms with Crippen LogP contribution in [-0.4, -0.2) is 29.0 Å². The van der Waals surface area contributed by atoms with Crippen LogP contribution in [-0.2, 0) is 4.79 Å². The van der Waals surface area contributed by atoms with Crippen LogP contribution in [0.2, 0.25) is 0 Å². The predicted octanol–water partition coefficient (Wildman–Crippen LogP) is 3.23. The summed E-state index contributed by atoms with van der Waals surface area (Å²) in [5.74, 6) is -0.214. The van der Waals surface area contributed by atoms with Gasteiger partial charge in [-0.25, -0.2) is 14.4 Å². The van der Waals surface area contributed by atoms with Gasteiger partial charge in [0.25, 0.3) is 0 Å². The number of piperidine rings is 1. The molecule has 2 heterocycles. The molecule has 1 aliphatic heterocycles. The molecule has 1 saturated heterocycles. The lowest BCUT2D eigenvalue weighted by Gasteiger charge is -2.31. The van der Waals surface area contributed by atoms with E-state index in [2.05, 4.69) is 31.2 Å². The smallest absolute Gasteiger partial charge is 0.229 e. The molecule has 1 unspecified atom stereocenters. The first-order chi connectivity index (χ1) is 11.1. The molecule has 3 rings (SSSR count). The van der Waals surface area contributed by atoms with E-state index in [0.29, 0.717) is 17.0 Å². The molecule has 2 aromatic rings. The van der Waals surface area contributed by atoms with Gasteiger partial charge in [0.05, 0.1) is 11.6 Å². The van der Waals surface area contributed by atoms with E-state index < -0.39 is 5.82 Å². The lowest BCUT2D eigenvalue weighted by Crippen LogP contribution is -2.41. The van der Waals surface area contributed by atoms with Gasteiger partial charge in [0, 0.05) is 30.0 Å². The van der Waals surface area contributed by atoms with Crippen molar-refractivity contribution in [1.82, 2.24) is 9.97 Å². The first-order valence-electron chi connectivity index (χ1n) is 7.41. The van der Waals surface area contributed by atoms with Gasteiger partial charge in [-0.1, -0.05) is 15.9 Å². The number of hydrogen-bond donors (Lipinski definition) is 1. The molecule has 1 amide bonds. The van der Waals surface area contributed by atoms with E-state index in [-0.39, 0.29) is 17.5 Å². The molecule has 1 aromatic heterocycles. The molecule has 1 N–H and O–H groups in total. The Labute approximate surface area is 142 Å². The Morgan fingerprint density at radius 1 is 1.35 bits per heavy atom. The molecular weight excluding hydrogens is 363 g/mol. The van der Waals surface area contributed by atoms with Gasteiger partial charge in [-0.3, -0.25) is 4.79 Å². The van der Waals surface area contributed by atoms with Crippen LogP contribution in [0.15, 0.2) is 41.1 Å². The largest absolute Gasteiger partial charge is 0.340 e. The Morgan fingerprint density at radius 3 is 2.87 bits per heavy atom. The molecule has 0 bridgehead atoms. The first kappa shape index (κ1) is 15.9. The van der Waals surface area contributed by atoms with Crippen molar-refractivity contribution >= 4 is 33.5 Å². The summed E-state index contributed by atoms with van der Waals surface area (Å²) in [6.07, 6.45) is 5.01. The number of nitrogens with zero attached hydrogens (tertiary/aromatic N) is 3. The Kier molecular flexibility index (Phi) is 4.85. The third kappa shape index (κ3) is 3.85. The van der Waals surface area contributed by atoms with Crippen LogP contribution < -0.4 is 10.2 Å². The summed E-state index contributed by atoms with van der Waals surface area (Å²) in [5.41, 5.74) is 0.200. The summed E-state index contributed by atoms with van der Waals surface area (Å²) in [6.45, 7) is 1.36. The maximum Gasteiger partial charge on any atom is 0.229 e. The number of halogens is 2. The molecular formula is C16H16BrFN4O. The van der Waals surface area contributed by atoms with E-state index in [0.717, 1.165) is 19.4 Å². The monoisotopic (exact) mass is 378 g/mol. The van der Waals surface area contributed by atoms with Crippen molar-refractivity contribution in [3.63, 3.8) is 0 Å². The number of aromatic nitrogens is 2. The van der Waals surface area contributed by atoms with Crippen LogP contribution in [0.3, 0.4) is 0 Å². The summed E-state index contributed by atoms with van der Waals surface area (Å²) in [6, 6.07) is 6.34. The van der Waals surface area contributed by atoms with Gasteiger partial charge >= 0.3 is 0 Å². The number of rotatable bonds is 3. The highest BCUT2D eigenvalue weighted by Crippen LogP contribution is 2.23. The summed E-state index contributed by atoms with van der Waals surface area (Å²) in [5, 5.41) is 2.68. The first-order valence-corrected chi connectivity index (χ1v) is 8.20.